The average Bonchev–Trinajstić information content (AvgIpc) is 3.60. The lowest BCUT2D eigenvalue weighted by Gasteiger charge is -2.63. The van der Waals surface area contributed by atoms with Crippen LogP contribution in [0.15, 0.2) is 174 Å². The molecule has 2 heteroatoms. The van der Waals surface area contributed by atoms with E-state index in [1.807, 2.05) is 11.8 Å². The summed E-state index contributed by atoms with van der Waals surface area (Å²) in [6, 6.07) is 63.8. The largest absolute Gasteiger partial charge is 0.310 e. The SMILES string of the molecule is CC1(C)CCC(C)(C)c2c(N(c3ccc4c(c3)C(c3ccccc3)(c3ccccc3)c3ccccc3-4)c3ccc4c(c3)C3(c5ccccc5S4)C4CC5CC(C4)CC3C5)cccc21. The number of benzene rings is 7. The standard InChI is InChI=1S/C61H57NS/c1-58(2)30-31-59(3,4)57-51(58)23-15-24-54(57)62(46-27-29-56-53(38-46)61(50-22-13-14-25-55(50)63-56)43-33-39-32-40(35-43)36-44(61)34-39)45-26-28-48-47-20-11-12-21-49(47)60(52(48)37-45,41-16-7-5-8-17-41)42-18-9-6-10-19-42/h5-29,37-40,43-44H,30-36H2,1-4H3. The third-order valence-corrected chi connectivity index (χ3v) is 18.6. The molecular weight excluding hydrogens is 779 g/mol. The molecule has 0 N–H and O–H groups in total. The molecule has 4 saturated carbocycles. The smallest absolute Gasteiger partial charge is 0.0714 e. The summed E-state index contributed by atoms with van der Waals surface area (Å²) < 4.78 is 0. The molecule has 4 bridgehead atoms. The van der Waals surface area contributed by atoms with Crippen molar-refractivity contribution in [3.63, 3.8) is 0 Å². The maximum absolute atomic E-state index is 2.71. The Balaban J connectivity index is 1.09. The summed E-state index contributed by atoms with van der Waals surface area (Å²) in [6.45, 7) is 9.95. The van der Waals surface area contributed by atoms with Crippen molar-refractivity contribution >= 4 is 28.8 Å². The lowest BCUT2D eigenvalue weighted by Crippen LogP contribution is -2.57. The maximum atomic E-state index is 2.71. The van der Waals surface area contributed by atoms with Gasteiger partial charge in [-0.05, 0) is 178 Å². The van der Waals surface area contributed by atoms with Gasteiger partial charge in [-0.2, -0.15) is 0 Å². The summed E-state index contributed by atoms with van der Waals surface area (Å²) in [5, 5.41) is 0. The Morgan fingerprint density at radius 3 is 1.68 bits per heavy atom. The van der Waals surface area contributed by atoms with Crippen LogP contribution in [0.4, 0.5) is 17.1 Å². The van der Waals surface area contributed by atoms with E-state index in [9.17, 15) is 0 Å². The van der Waals surface area contributed by atoms with Crippen LogP contribution in [0.1, 0.15) is 117 Å². The minimum absolute atomic E-state index is 0.0101. The van der Waals surface area contributed by atoms with Crippen molar-refractivity contribution in [2.45, 2.75) is 104 Å². The Labute approximate surface area is 379 Å². The molecule has 7 aromatic carbocycles. The predicted octanol–water partition coefficient (Wildman–Crippen LogP) is 16.1. The van der Waals surface area contributed by atoms with Crippen molar-refractivity contribution < 1.29 is 0 Å². The summed E-state index contributed by atoms with van der Waals surface area (Å²) in [7, 11) is 0. The van der Waals surface area contributed by atoms with Gasteiger partial charge in [0.05, 0.1) is 11.1 Å². The van der Waals surface area contributed by atoms with Crippen molar-refractivity contribution in [3.05, 3.63) is 208 Å². The van der Waals surface area contributed by atoms with Gasteiger partial charge in [-0.1, -0.05) is 161 Å². The normalized spacial score (nSPS) is 25.7. The van der Waals surface area contributed by atoms with E-state index < -0.39 is 5.41 Å². The van der Waals surface area contributed by atoms with Crippen molar-refractivity contribution in [3.8, 4) is 11.1 Å². The van der Waals surface area contributed by atoms with E-state index in [2.05, 4.69) is 196 Å². The molecule has 7 aromatic rings. The molecular formula is C61H57NS. The van der Waals surface area contributed by atoms with Crippen LogP contribution in [-0.4, -0.2) is 0 Å². The van der Waals surface area contributed by atoms with Crippen molar-refractivity contribution in [1.82, 2.24) is 0 Å². The molecule has 7 aliphatic rings. The fourth-order valence-electron chi connectivity index (χ4n) is 14.9. The van der Waals surface area contributed by atoms with E-state index in [0.29, 0.717) is 11.8 Å². The van der Waals surface area contributed by atoms with Gasteiger partial charge < -0.3 is 4.90 Å². The monoisotopic (exact) mass is 835 g/mol. The second-order valence-electron chi connectivity index (χ2n) is 21.5. The van der Waals surface area contributed by atoms with Crippen LogP contribution in [0.5, 0.6) is 0 Å². The Morgan fingerprint density at radius 2 is 0.984 bits per heavy atom. The van der Waals surface area contributed by atoms with Crippen LogP contribution in [0.25, 0.3) is 11.1 Å². The van der Waals surface area contributed by atoms with E-state index in [4.69, 9.17) is 0 Å². The molecule has 1 aliphatic heterocycles. The van der Waals surface area contributed by atoms with Gasteiger partial charge in [0.1, 0.15) is 0 Å². The fourth-order valence-corrected chi connectivity index (χ4v) is 16.1. The number of fused-ring (bicyclic) bond motifs is 6. The molecule has 0 unspecified atom stereocenters. The number of hydrogen-bond acceptors (Lipinski definition) is 2. The molecule has 6 aliphatic carbocycles. The molecule has 63 heavy (non-hydrogen) atoms. The molecule has 4 fully saturated rings. The highest BCUT2D eigenvalue weighted by Crippen LogP contribution is 2.69. The highest BCUT2D eigenvalue weighted by Gasteiger charge is 2.61. The highest BCUT2D eigenvalue weighted by molar-refractivity contribution is 7.99. The minimum Gasteiger partial charge on any atom is -0.310 e. The topological polar surface area (TPSA) is 3.24 Å². The van der Waals surface area contributed by atoms with Gasteiger partial charge in [-0.25, -0.2) is 0 Å². The van der Waals surface area contributed by atoms with Gasteiger partial charge in [-0.3, -0.25) is 0 Å². The molecule has 312 valence electrons. The van der Waals surface area contributed by atoms with Crippen LogP contribution >= 0.6 is 11.8 Å². The van der Waals surface area contributed by atoms with Crippen LogP contribution in [0.3, 0.4) is 0 Å². The lowest BCUT2D eigenvalue weighted by atomic mass is 9.42. The molecule has 0 radical (unpaired) electrons. The summed E-state index contributed by atoms with van der Waals surface area (Å²) >= 11 is 2.02. The molecule has 1 heterocycles. The zero-order chi connectivity index (χ0) is 42.3. The average molecular weight is 836 g/mol. The highest BCUT2D eigenvalue weighted by atomic mass is 32.2. The van der Waals surface area contributed by atoms with Crippen molar-refractivity contribution in [2.24, 2.45) is 23.7 Å². The Morgan fingerprint density at radius 1 is 0.444 bits per heavy atom. The Bertz CT molecular complexity index is 2890. The number of hydrogen-bond donors (Lipinski definition) is 0. The fraction of sp³-hybridized carbons (Fsp3) is 0.311. The van der Waals surface area contributed by atoms with Crippen LogP contribution in [0, 0.1) is 23.7 Å². The van der Waals surface area contributed by atoms with Gasteiger partial charge in [0.2, 0.25) is 0 Å². The van der Waals surface area contributed by atoms with Crippen LogP contribution in [-0.2, 0) is 21.7 Å². The first-order valence-electron chi connectivity index (χ1n) is 23.9. The molecule has 0 saturated heterocycles. The van der Waals surface area contributed by atoms with Gasteiger partial charge in [0.15, 0.2) is 0 Å². The summed E-state index contributed by atoms with van der Waals surface area (Å²) in [6.07, 6.45) is 9.31. The molecule has 0 amide bonds. The second kappa shape index (κ2) is 13.6. The number of nitrogens with zero attached hydrogens (tertiary/aromatic N) is 1. The first-order valence-corrected chi connectivity index (χ1v) is 24.7. The van der Waals surface area contributed by atoms with E-state index in [-0.39, 0.29) is 16.2 Å². The van der Waals surface area contributed by atoms with E-state index in [1.165, 1.54) is 110 Å². The molecule has 0 aromatic heterocycles. The Hall–Kier alpha value is -5.31. The summed E-state index contributed by atoms with van der Waals surface area (Å²) in [5.74, 6) is 3.18. The lowest BCUT2D eigenvalue weighted by molar-refractivity contribution is -0.0443. The van der Waals surface area contributed by atoms with Crippen molar-refractivity contribution in [1.29, 1.82) is 0 Å². The zero-order valence-corrected chi connectivity index (χ0v) is 38.0. The van der Waals surface area contributed by atoms with Crippen LogP contribution in [0.2, 0.25) is 0 Å². The first-order chi connectivity index (χ1) is 30.7. The van der Waals surface area contributed by atoms with E-state index in [1.54, 1.807) is 11.1 Å². The summed E-state index contributed by atoms with van der Waals surface area (Å²) in [4.78, 5) is 5.67. The minimum atomic E-state index is -0.478. The Kier molecular flexibility index (Phi) is 8.24. The predicted molar refractivity (Wildman–Crippen MR) is 262 cm³/mol. The molecule has 1 nitrogen and oxygen atoms in total. The van der Waals surface area contributed by atoms with Gasteiger partial charge >= 0.3 is 0 Å². The van der Waals surface area contributed by atoms with Gasteiger partial charge in [-0.15, -0.1) is 0 Å². The molecule has 14 rings (SSSR count). The molecule has 1 spiro atoms. The summed E-state index contributed by atoms with van der Waals surface area (Å²) in [5.41, 5.74) is 17.7. The first kappa shape index (κ1) is 38.2. The van der Waals surface area contributed by atoms with E-state index in [0.717, 1.165) is 18.3 Å². The van der Waals surface area contributed by atoms with Gasteiger partial charge in [0, 0.05) is 26.6 Å². The third-order valence-electron chi connectivity index (χ3n) is 17.4. The molecule has 0 atom stereocenters. The maximum Gasteiger partial charge on any atom is 0.0714 e. The number of rotatable bonds is 5. The number of anilines is 3. The van der Waals surface area contributed by atoms with E-state index >= 15 is 0 Å². The quantitative estimate of drug-likeness (QED) is 0.170. The van der Waals surface area contributed by atoms with Crippen molar-refractivity contribution in [2.75, 3.05) is 4.90 Å². The van der Waals surface area contributed by atoms with Gasteiger partial charge in [0.25, 0.3) is 0 Å². The zero-order valence-electron chi connectivity index (χ0n) is 37.2. The third kappa shape index (κ3) is 5.25. The second-order valence-corrected chi connectivity index (χ2v) is 22.6. The van der Waals surface area contributed by atoms with Crippen LogP contribution < -0.4 is 4.90 Å².